The summed E-state index contributed by atoms with van der Waals surface area (Å²) in [6.45, 7) is 1.25. The molecule has 1 aromatic heterocycles. The molecule has 5 nitrogen and oxygen atoms in total. The molecule has 2 aliphatic rings. The zero-order valence-electron chi connectivity index (χ0n) is 17.5. The number of fused-ring (bicyclic) bond motifs is 1. The lowest BCUT2D eigenvalue weighted by molar-refractivity contribution is 0.186. The van der Waals surface area contributed by atoms with Gasteiger partial charge in [0.2, 0.25) is 0 Å². The van der Waals surface area contributed by atoms with Gasteiger partial charge < -0.3 is 10.2 Å². The standard InChI is InChI=1S/C25H27FN4O/c26-20-11-9-19(10-12-20)16-29(21-13-14-21)25(31)28-23-7-4-8-24-22(23)15-27-30(24)17-18-5-2-1-3-6-18/h1-3,5-6,9-12,15,21,23H,4,7-8,13-14,16-17H2,(H,28,31). The van der Waals surface area contributed by atoms with E-state index in [9.17, 15) is 9.18 Å². The topological polar surface area (TPSA) is 50.2 Å². The fourth-order valence-electron chi connectivity index (χ4n) is 4.43. The molecule has 2 aliphatic carbocycles. The molecule has 6 heteroatoms. The number of hydrogen-bond donors (Lipinski definition) is 1. The molecule has 0 bridgehead atoms. The molecule has 1 atom stereocenters. The number of hydrogen-bond acceptors (Lipinski definition) is 2. The zero-order valence-corrected chi connectivity index (χ0v) is 17.5. The van der Waals surface area contributed by atoms with E-state index in [2.05, 4.69) is 27.2 Å². The summed E-state index contributed by atoms with van der Waals surface area (Å²) in [7, 11) is 0. The van der Waals surface area contributed by atoms with Gasteiger partial charge in [0.25, 0.3) is 0 Å². The number of halogens is 1. The molecule has 1 unspecified atom stereocenters. The van der Waals surface area contributed by atoms with E-state index >= 15 is 0 Å². The molecular weight excluding hydrogens is 391 g/mol. The van der Waals surface area contributed by atoms with Gasteiger partial charge in [-0.1, -0.05) is 42.5 Å². The third-order valence-electron chi connectivity index (χ3n) is 6.25. The van der Waals surface area contributed by atoms with Gasteiger partial charge in [0, 0.05) is 23.8 Å². The number of rotatable bonds is 6. The van der Waals surface area contributed by atoms with E-state index in [-0.39, 0.29) is 23.9 Å². The monoisotopic (exact) mass is 418 g/mol. The highest BCUT2D eigenvalue weighted by molar-refractivity contribution is 5.75. The molecule has 0 spiro atoms. The van der Waals surface area contributed by atoms with Crippen LogP contribution < -0.4 is 5.32 Å². The number of carbonyl (C=O) groups is 1. The third-order valence-corrected chi connectivity index (χ3v) is 6.25. The van der Waals surface area contributed by atoms with Crippen molar-refractivity contribution < 1.29 is 9.18 Å². The van der Waals surface area contributed by atoms with E-state index in [0.717, 1.165) is 49.8 Å². The molecule has 5 rings (SSSR count). The first kappa shape index (κ1) is 19.8. The van der Waals surface area contributed by atoms with Crippen molar-refractivity contribution in [1.29, 1.82) is 0 Å². The third kappa shape index (κ3) is 4.48. The predicted octanol–water partition coefficient (Wildman–Crippen LogP) is 4.82. The van der Waals surface area contributed by atoms with E-state index in [1.54, 1.807) is 12.1 Å². The van der Waals surface area contributed by atoms with E-state index < -0.39 is 0 Å². The second-order valence-electron chi connectivity index (χ2n) is 8.57. The van der Waals surface area contributed by atoms with Crippen molar-refractivity contribution in [1.82, 2.24) is 20.0 Å². The van der Waals surface area contributed by atoms with Crippen LogP contribution >= 0.6 is 0 Å². The van der Waals surface area contributed by atoms with Gasteiger partial charge in [0.15, 0.2) is 0 Å². The summed E-state index contributed by atoms with van der Waals surface area (Å²) in [6, 6.07) is 17.0. The van der Waals surface area contributed by atoms with Crippen molar-refractivity contribution in [3.05, 3.63) is 89.0 Å². The highest BCUT2D eigenvalue weighted by Gasteiger charge is 2.34. The Morgan fingerprint density at radius 1 is 1.06 bits per heavy atom. The first-order chi connectivity index (χ1) is 15.2. The predicted molar refractivity (Wildman–Crippen MR) is 117 cm³/mol. The van der Waals surface area contributed by atoms with Gasteiger partial charge >= 0.3 is 6.03 Å². The summed E-state index contributed by atoms with van der Waals surface area (Å²) in [5.41, 5.74) is 4.52. The Balaban J connectivity index is 1.30. The number of carbonyl (C=O) groups excluding carboxylic acids is 1. The van der Waals surface area contributed by atoms with Crippen LogP contribution in [0.1, 0.15) is 54.1 Å². The lowest BCUT2D eigenvalue weighted by Gasteiger charge is -2.29. The van der Waals surface area contributed by atoms with E-state index in [0.29, 0.717) is 6.54 Å². The fourth-order valence-corrected chi connectivity index (χ4v) is 4.43. The molecular formula is C25H27FN4O. The van der Waals surface area contributed by atoms with E-state index in [4.69, 9.17) is 0 Å². The van der Waals surface area contributed by atoms with Crippen LogP contribution in [-0.2, 0) is 19.5 Å². The zero-order chi connectivity index (χ0) is 21.2. The van der Waals surface area contributed by atoms with Gasteiger partial charge in [-0.15, -0.1) is 0 Å². The summed E-state index contributed by atoms with van der Waals surface area (Å²) in [6.07, 6.45) is 6.91. The van der Waals surface area contributed by atoms with Crippen molar-refractivity contribution in [2.45, 2.75) is 57.3 Å². The normalized spacial score (nSPS) is 17.8. The SMILES string of the molecule is O=C(NC1CCCc2c1cnn2Cc1ccccc1)N(Cc1ccc(F)cc1)C1CC1. The number of nitrogens with zero attached hydrogens (tertiary/aromatic N) is 3. The van der Waals surface area contributed by atoms with Crippen LogP contribution in [0.2, 0.25) is 0 Å². The van der Waals surface area contributed by atoms with Gasteiger partial charge in [-0.3, -0.25) is 4.68 Å². The summed E-state index contributed by atoms with van der Waals surface area (Å²) in [5, 5.41) is 7.90. The molecule has 1 heterocycles. The Bertz CT molecular complexity index is 1040. The van der Waals surface area contributed by atoms with Crippen molar-refractivity contribution in [2.75, 3.05) is 0 Å². The highest BCUT2D eigenvalue weighted by Crippen LogP contribution is 2.32. The van der Waals surface area contributed by atoms with Crippen LogP contribution in [0.4, 0.5) is 9.18 Å². The molecule has 2 amide bonds. The fraction of sp³-hybridized carbons (Fsp3) is 0.360. The van der Waals surface area contributed by atoms with Crippen molar-refractivity contribution >= 4 is 6.03 Å². The Morgan fingerprint density at radius 3 is 2.58 bits per heavy atom. The van der Waals surface area contributed by atoms with Crippen molar-refractivity contribution in [2.24, 2.45) is 0 Å². The van der Waals surface area contributed by atoms with Crippen molar-refractivity contribution in [3.63, 3.8) is 0 Å². The molecule has 160 valence electrons. The van der Waals surface area contributed by atoms with E-state index in [1.165, 1.54) is 23.4 Å². The van der Waals surface area contributed by atoms with Gasteiger partial charge in [0.1, 0.15) is 5.82 Å². The van der Waals surface area contributed by atoms with Gasteiger partial charge in [-0.05, 0) is 55.4 Å². The van der Waals surface area contributed by atoms with Crippen LogP contribution in [0.3, 0.4) is 0 Å². The first-order valence-electron chi connectivity index (χ1n) is 11.1. The Labute approximate surface area is 181 Å². The Kier molecular flexibility index (Phi) is 5.45. The summed E-state index contributed by atoms with van der Waals surface area (Å²) in [5.74, 6) is -0.256. The minimum atomic E-state index is -0.256. The maximum Gasteiger partial charge on any atom is 0.318 e. The smallest absolute Gasteiger partial charge is 0.318 e. The van der Waals surface area contributed by atoms with Crippen LogP contribution in [0.5, 0.6) is 0 Å². The average molecular weight is 419 g/mol. The van der Waals surface area contributed by atoms with Gasteiger partial charge in [-0.25, -0.2) is 9.18 Å². The molecule has 1 fully saturated rings. The van der Waals surface area contributed by atoms with Crippen LogP contribution in [0, 0.1) is 5.82 Å². The number of nitrogens with one attached hydrogen (secondary N) is 1. The second kappa shape index (κ2) is 8.53. The quantitative estimate of drug-likeness (QED) is 0.624. The lowest BCUT2D eigenvalue weighted by Crippen LogP contribution is -2.43. The lowest BCUT2D eigenvalue weighted by atomic mass is 9.93. The minimum Gasteiger partial charge on any atom is -0.331 e. The Morgan fingerprint density at radius 2 is 1.84 bits per heavy atom. The molecule has 1 saturated carbocycles. The average Bonchev–Trinajstić information content (AvgIpc) is 3.55. The number of aromatic nitrogens is 2. The first-order valence-corrected chi connectivity index (χ1v) is 11.1. The van der Waals surface area contributed by atoms with Crippen molar-refractivity contribution in [3.8, 4) is 0 Å². The minimum absolute atomic E-state index is 0.0183. The second-order valence-corrected chi connectivity index (χ2v) is 8.57. The summed E-state index contributed by atoms with van der Waals surface area (Å²) < 4.78 is 15.3. The van der Waals surface area contributed by atoms with Gasteiger partial charge in [-0.2, -0.15) is 5.10 Å². The maximum atomic E-state index is 13.2. The molecule has 3 aromatic rings. The molecule has 2 aromatic carbocycles. The summed E-state index contributed by atoms with van der Waals surface area (Å²) in [4.78, 5) is 15.1. The van der Waals surface area contributed by atoms with Crippen LogP contribution in [-0.4, -0.2) is 26.8 Å². The number of benzene rings is 2. The number of urea groups is 1. The summed E-state index contributed by atoms with van der Waals surface area (Å²) >= 11 is 0. The molecule has 0 saturated heterocycles. The maximum absolute atomic E-state index is 13.2. The van der Waals surface area contributed by atoms with E-state index in [1.807, 2.05) is 29.3 Å². The largest absolute Gasteiger partial charge is 0.331 e. The van der Waals surface area contributed by atoms with Gasteiger partial charge in [0.05, 0.1) is 18.8 Å². The van der Waals surface area contributed by atoms with Crippen LogP contribution in [0.15, 0.2) is 60.8 Å². The van der Waals surface area contributed by atoms with Crippen LogP contribution in [0.25, 0.3) is 0 Å². The molecule has 31 heavy (non-hydrogen) atoms. The molecule has 1 N–H and O–H groups in total. The Hall–Kier alpha value is -3.15. The molecule has 0 radical (unpaired) electrons. The highest BCUT2D eigenvalue weighted by atomic mass is 19.1. The number of amides is 2. The molecule has 0 aliphatic heterocycles.